The van der Waals surface area contributed by atoms with Crippen molar-refractivity contribution < 1.29 is 4.74 Å². The highest BCUT2D eigenvalue weighted by molar-refractivity contribution is 5.85. The maximum atomic E-state index is 5.54. The van der Waals surface area contributed by atoms with E-state index >= 15 is 0 Å². The molecule has 4 nitrogen and oxygen atoms in total. The van der Waals surface area contributed by atoms with Gasteiger partial charge in [0.1, 0.15) is 0 Å². The van der Waals surface area contributed by atoms with E-state index in [4.69, 9.17) is 4.74 Å². The van der Waals surface area contributed by atoms with Crippen molar-refractivity contribution in [2.24, 2.45) is 5.92 Å². The summed E-state index contributed by atoms with van der Waals surface area (Å²) in [5, 5.41) is 3.41. The molecular weight excluding hydrogens is 238 g/mol. The Morgan fingerprint density at radius 1 is 1.53 bits per heavy atom. The van der Waals surface area contributed by atoms with Crippen molar-refractivity contribution in [3.63, 3.8) is 0 Å². The standard InChI is InChI=1S/C12H19N3O.ClH/c1-10-4-7-14-12(15-10)16-8-5-11-3-2-6-13-9-11;/h4,7,11,13H,2-3,5-6,8-9H2,1H3;1H. The number of nitrogens with one attached hydrogen (secondary N) is 1. The molecule has 5 heteroatoms. The molecule has 0 bridgehead atoms. The third-order valence-corrected chi connectivity index (χ3v) is 2.93. The molecule has 1 unspecified atom stereocenters. The molecule has 1 saturated heterocycles. The van der Waals surface area contributed by atoms with Gasteiger partial charge >= 0.3 is 6.01 Å². The van der Waals surface area contributed by atoms with Crippen molar-refractivity contribution in [2.45, 2.75) is 26.2 Å². The van der Waals surface area contributed by atoms with Crippen LogP contribution in [0.5, 0.6) is 6.01 Å². The lowest BCUT2D eigenvalue weighted by molar-refractivity contribution is 0.239. The summed E-state index contributed by atoms with van der Waals surface area (Å²) in [6.45, 7) is 4.95. The van der Waals surface area contributed by atoms with E-state index in [0.717, 1.165) is 31.2 Å². The number of aromatic nitrogens is 2. The Morgan fingerprint density at radius 3 is 3.12 bits per heavy atom. The Labute approximate surface area is 109 Å². The predicted octanol–water partition coefficient (Wildman–Crippen LogP) is 1.98. The molecule has 1 fully saturated rings. The summed E-state index contributed by atoms with van der Waals surface area (Å²) in [5.41, 5.74) is 0.948. The number of hydrogen-bond donors (Lipinski definition) is 1. The van der Waals surface area contributed by atoms with Crippen LogP contribution in [0.15, 0.2) is 12.3 Å². The van der Waals surface area contributed by atoms with E-state index in [1.165, 1.54) is 19.4 Å². The maximum absolute atomic E-state index is 5.54. The molecule has 0 aromatic carbocycles. The van der Waals surface area contributed by atoms with Crippen LogP contribution >= 0.6 is 12.4 Å². The molecule has 1 atom stereocenters. The van der Waals surface area contributed by atoms with Gasteiger partial charge in [0.15, 0.2) is 0 Å². The third-order valence-electron chi connectivity index (χ3n) is 2.93. The zero-order chi connectivity index (χ0) is 11.2. The van der Waals surface area contributed by atoms with Gasteiger partial charge in [-0.15, -0.1) is 12.4 Å². The van der Waals surface area contributed by atoms with E-state index in [1.807, 2.05) is 13.0 Å². The van der Waals surface area contributed by atoms with Gasteiger partial charge in [-0.05, 0) is 51.3 Å². The minimum Gasteiger partial charge on any atom is -0.463 e. The molecule has 96 valence electrons. The summed E-state index contributed by atoms with van der Waals surface area (Å²) < 4.78 is 5.54. The average molecular weight is 258 g/mol. The molecule has 2 heterocycles. The maximum Gasteiger partial charge on any atom is 0.316 e. The van der Waals surface area contributed by atoms with Crippen molar-refractivity contribution in [3.05, 3.63) is 18.0 Å². The normalized spacial score (nSPS) is 19.5. The van der Waals surface area contributed by atoms with Crippen molar-refractivity contribution in [2.75, 3.05) is 19.7 Å². The first kappa shape index (κ1) is 14.2. The summed E-state index contributed by atoms with van der Waals surface area (Å²) in [4.78, 5) is 8.28. The van der Waals surface area contributed by atoms with Gasteiger partial charge in [0.2, 0.25) is 0 Å². The lowest BCUT2D eigenvalue weighted by Gasteiger charge is -2.22. The van der Waals surface area contributed by atoms with Crippen LogP contribution < -0.4 is 10.1 Å². The summed E-state index contributed by atoms with van der Waals surface area (Å²) in [6.07, 6.45) is 5.42. The summed E-state index contributed by atoms with van der Waals surface area (Å²) in [5.74, 6) is 0.749. The average Bonchev–Trinajstić information content (AvgIpc) is 2.30. The number of hydrogen-bond acceptors (Lipinski definition) is 4. The Morgan fingerprint density at radius 2 is 2.41 bits per heavy atom. The van der Waals surface area contributed by atoms with Crippen LogP contribution in [0.25, 0.3) is 0 Å². The highest BCUT2D eigenvalue weighted by Gasteiger charge is 2.12. The lowest BCUT2D eigenvalue weighted by Crippen LogP contribution is -2.30. The summed E-state index contributed by atoms with van der Waals surface area (Å²) >= 11 is 0. The topological polar surface area (TPSA) is 47.0 Å². The number of piperidine rings is 1. The smallest absolute Gasteiger partial charge is 0.316 e. The molecule has 1 aliphatic heterocycles. The fourth-order valence-corrected chi connectivity index (χ4v) is 1.98. The third kappa shape index (κ3) is 4.88. The molecule has 1 aromatic heterocycles. The van der Waals surface area contributed by atoms with Crippen LogP contribution in [0.2, 0.25) is 0 Å². The van der Waals surface area contributed by atoms with Crippen molar-refractivity contribution >= 4 is 12.4 Å². The van der Waals surface area contributed by atoms with Crippen LogP contribution in [0.1, 0.15) is 25.0 Å². The molecule has 0 amide bonds. The van der Waals surface area contributed by atoms with E-state index in [-0.39, 0.29) is 12.4 Å². The van der Waals surface area contributed by atoms with Gasteiger partial charge in [-0.3, -0.25) is 0 Å². The highest BCUT2D eigenvalue weighted by atomic mass is 35.5. The van der Waals surface area contributed by atoms with E-state index in [1.54, 1.807) is 6.20 Å². The molecule has 0 spiro atoms. The van der Waals surface area contributed by atoms with Crippen LogP contribution in [-0.2, 0) is 0 Å². The van der Waals surface area contributed by atoms with E-state index < -0.39 is 0 Å². The van der Waals surface area contributed by atoms with Gasteiger partial charge in [-0.1, -0.05) is 0 Å². The Balaban J connectivity index is 0.00000144. The van der Waals surface area contributed by atoms with Crippen LogP contribution in [0.3, 0.4) is 0 Å². The molecule has 0 saturated carbocycles. The van der Waals surface area contributed by atoms with Crippen LogP contribution in [0.4, 0.5) is 0 Å². The molecule has 2 rings (SSSR count). The van der Waals surface area contributed by atoms with Crippen molar-refractivity contribution in [3.8, 4) is 6.01 Å². The minimum atomic E-state index is 0. The van der Waals surface area contributed by atoms with Gasteiger partial charge in [-0.25, -0.2) is 9.97 Å². The Hall–Kier alpha value is -0.870. The van der Waals surface area contributed by atoms with Crippen LogP contribution in [0, 0.1) is 12.8 Å². The first-order valence-corrected chi connectivity index (χ1v) is 5.98. The molecule has 17 heavy (non-hydrogen) atoms. The lowest BCUT2D eigenvalue weighted by atomic mass is 9.97. The van der Waals surface area contributed by atoms with E-state index in [0.29, 0.717) is 6.01 Å². The largest absolute Gasteiger partial charge is 0.463 e. The SMILES string of the molecule is Cc1ccnc(OCCC2CCCNC2)n1.Cl. The number of rotatable bonds is 4. The van der Waals surface area contributed by atoms with Gasteiger partial charge in [0.25, 0.3) is 0 Å². The molecular formula is C12H20ClN3O. The number of halogens is 1. The predicted molar refractivity (Wildman–Crippen MR) is 69.7 cm³/mol. The molecule has 0 radical (unpaired) electrons. The zero-order valence-corrected chi connectivity index (χ0v) is 11.0. The second-order valence-electron chi connectivity index (χ2n) is 4.33. The summed E-state index contributed by atoms with van der Waals surface area (Å²) in [7, 11) is 0. The number of aryl methyl sites for hydroxylation is 1. The van der Waals surface area contributed by atoms with Gasteiger partial charge < -0.3 is 10.1 Å². The van der Waals surface area contributed by atoms with E-state index in [2.05, 4.69) is 15.3 Å². The highest BCUT2D eigenvalue weighted by Crippen LogP contribution is 2.14. The minimum absolute atomic E-state index is 0. The van der Waals surface area contributed by atoms with E-state index in [9.17, 15) is 0 Å². The second-order valence-corrected chi connectivity index (χ2v) is 4.33. The molecule has 1 aliphatic rings. The van der Waals surface area contributed by atoms with Crippen LogP contribution in [-0.4, -0.2) is 29.7 Å². The van der Waals surface area contributed by atoms with Crippen molar-refractivity contribution in [1.82, 2.24) is 15.3 Å². The second kappa shape index (κ2) is 7.45. The fourth-order valence-electron chi connectivity index (χ4n) is 1.98. The van der Waals surface area contributed by atoms with Gasteiger partial charge in [-0.2, -0.15) is 0 Å². The first-order valence-electron chi connectivity index (χ1n) is 5.98. The monoisotopic (exact) mass is 257 g/mol. The van der Waals surface area contributed by atoms with Gasteiger partial charge in [0.05, 0.1) is 6.61 Å². The summed E-state index contributed by atoms with van der Waals surface area (Å²) in [6, 6.07) is 2.38. The quantitative estimate of drug-likeness (QED) is 0.896. The fraction of sp³-hybridized carbons (Fsp3) is 0.667. The van der Waals surface area contributed by atoms with Gasteiger partial charge in [0, 0.05) is 11.9 Å². The molecule has 1 aromatic rings. The Bertz CT molecular complexity index is 329. The first-order chi connectivity index (χ1) is 7.84. The zero-order valence-electron chi connectivity index (χ0n) is 10.2. The molecule has 1 N–H and O–H groups in total. The Kier molecular flexibility index (Phi) is 6.22. The number of ether oxygens (including phenoxy) is 1. The number of nitrogens with zero attached hydrogens (tertiary/aromatic N) is 2. The molecule has 0 aliphatic carbocycles. The van der Waals surface area contributed by atoms with Crippen molar-refractivity contribution in [1.29, 1.82) is 0 Å².